The minimum atomic E-state index is 0.00282. The van der Waals surface area contributed by atoms with Gasteiger partial charge in [-0.05, 0) is 62.5 Å². The number of imidazole rings is 1. The van der Waals surface area contributed by atoms with Gasteiger partial charge in [-0.3, -0.25) is 0 Å². The van der Waals surface area contributed by atoms with Crippen molar-refractivity contribution in [2.45, 2.75) is 53.5 Å². The van der Waals surface area contributed by atoms with E-state index in [-0.39, 0.29) is 11.0 Å². The van der Waals surface area contributed by atoms with Gasteiger partial charge in [-0.2, -0.15) is 0 Å². The van der Waals surface area contributed by atoms with Crippen LogP contribution >= 0.6 is 12.2 Å². The van der Waals surface area contributed by atoms with Crippen LogP contribution in [0.3, 0.4) is 0 Å². The lowest BCUT2D eigenvalue weighted by Gasteiger charge is -2.34. The van der Waals surface area contributed by atoms with Crippen LogP contribution in [-0.2, 0) is 5.54 Å². The molecule has 0 aliphatic heterocycles. The predicted molar refractivity (Wildman–Crippen MR) is 85.3 cm³/mol. The first-order chi connectivity index (χ1) is 8.60. The van der Waals surface area contributed by atoms with Gasteiger partial charge in [-0.1, -0.05) is 26.8 Å². The second kappa shape index (κ2) is 4.48. The Labute approximate surface area is 120 Å². The first-order valence-electron chi connectivity index (χ1n) is 6.82. The summed E-state index contributed by atoms with van der Waals surface area (Å²) < 4.78 is 3.08. The summed E-state index contributed by atoms with van der Waals surface area (Å²) in [6.45, 7) is 13.5. The standard InChI is InChI=1S/C16H24N2S/c1-11-7-8-13-12(9-11)17-14(19)18(13)16(5,6)10-15(2,3)4/h7-9H,10H2,1-6H3,(H,17,19). The summed E-state index contributed by atoms with van der Waals surface area (Å²) in [4.78, 5) is 3.34. The molecule has 0 radical (unpaired) electrons. The van der Waals surface area contributed by atoms with Crippen LogP contribution in [0.15, 0.2) is 18.2 Å². The van der Waals surface area contributed by atoms with Crippen molar-refractivity contribution in [3.63, 3.8) is 0 Å². The molecular weight excluding hydrogens is 252 g/mol. The maximum atomic E-state index is 5.54. The van der Waals surface area contributed by atoms with Crippen molar-refractivity contribution in [2.75, 3.05) is 0 Å². The number of nitrogens with zero attached hydrogens (tertiary/aromatic N) is 1. The van der Waals surface area contributed by atoms with E-state index in [0.29, 0.717) is 0 Å². The number of aromatic amines is 1. The number of hydrogen-bond acceptors (Lipinski definition) is 1. The van der Waals surface area contributed by atoms with Gasteiger partial charge in [0.2, 0.25) is 0 Å². The summed E-state index contributed by atoms with van der Waals surface area (Å²) in [5, 5.41) is 0. The fraction of sp³-hybridized carbons (Fsp3) is 0.562. The predicted octanol–water partition coefficient (Wildman–Crippen LogP) is 5.18. The number of hydrogen-bond donors (Lipinski definition) is 1. The van der Waals surface area contributed by atoms with Crippen molar-refractivity contribution in [1.82, 2.24) is 9.55 Å². The molecule has 0 fully saturated rings. The Bertz CT molecular complexity index is 653. The maximum absolute atomic E-state index is 5.54. The molecule has 104 valence electrons. The highest BCUT2D eigenvalue weighted by Gasteiger charge is 2.29. The van der Waals surface area contributed by atoms with Gasteiger partial charge < -0.3 is 9.55 Å². The van der Waals surface area contributed by atoms with Crippen LogP contribution < -0.4 is 0 Å². The van der Waals surface area contributed by atoms with Crippen molar-refractivity contribution in [1.29, 1.82) is 0 Å². The van der Waals surface area contributed by atoms with Crippen LogP contribution in [0.5, 0.6) is 0 Å². The molecule has 2 rings (SSSR count). The number of aryl methyl sites for hydroxylation is 1. The molecule has 1 N–H and O–H groups in total. The smallest absolute Gasteiger partial charge is 0.178 e. The number of fused-ring (bicyclic) bond motifs is 1. The van der Waals surface area contributed by atoms with Gasteiger partial charge in [0.25, 0.3) is 0 Å². The molecule has 0 aliphatic carbocycles. The van der Waals surface area contributed by atoms with Gasteiger partial charge in [0.1, 0.15) is 0 Å². The Hall–Kier alpha value is -1.09. The summed E-state index contributed by atoms with van der Waals surface area (Å²) in [5.74, 6) is 0. The van der Waals surface area contributed by atoms with Gasteiger partial charge in [-0.15, -0.1) is 0 Å². The lowest BCUT2D eigenvalue weighted by molar-refractivity contribution is 0.217. The van der Waals surface area contributed by atoms with Gasteiger partial charge in [0, 0.05) is 5.54 Å². The molecule has 19 heavy (non-hydrogen) atoms. The van der Waals surface area contributed by atoms with Crippen molar-refractivity contribution in [3.8, 4) is 0 Å². The third-order valence-electron chi connectivity index (χ3n) is 3.41. The zero-order chi connectivity index (χ0) is 14.4. The van der Waals surface area contributed by atoms with Gasteiger partial charge in [0.05, 0.1) is 11.0 Å². The lowest BCUT2D eigenvalue weighted by Crippen LogP contribution is -2.31. The highest BCUT2D eigenvalue weighted by Crippen LogP contribution is 2.34. The number of benzene rings is 1. The lowest BCUT2D eigenvalue weighted by atomic mass is 9.81. The third-order valence-corrected chi connectivity index (χ3v) is 3.69. The van der Waals surface area contributed by atoms with E-state index in [2.05, 4.69) is 69.3 Å². The zero-order valence-corrected chi connectivity index (χ0v) is 13.6. The number of aromatic nitrogens is 2. The Morgan fingerprint density at radius 2 is 1.79 bits per heavy atom. The molecule has 0 saturated carbocycles. The fourth-order valence-corrected chi connectivity index (χ4v) is 3.66. The van der Waals surface area contributed by atoms with E-state index in [1.165, 1.54) is 11.1 Å². The largest absolute Gasteiger partial charge is 0.331 e. The van der Waals surface area contributed by atoms with Crippen LogP contribution in [-0.4, -0.2) is 9.55 Å². The van der Waals surface area contributed by atoms with Crippen LogP contribution in [0.25, 0.3) is 11.0 Å². The number of rotatable bonds is 2. The molecule has 2 aromatic rings. The molecule has 2 nitrogen and oxygen atoms in total. The van der Waals surface area contributed by atoms with Crippen LogP contribution in [0.1, 0.15) is 46.6 Å². The van der Waals surface area contributed by atoms with Gasteiger partial charge in [0.15, 0.2) is 4.77 Å². The van der Waals surface area contributed by atoms with Crippen molar-refractivity contribution < 1.29 is 0 Å². The topological polar surface area (TPSA) is 20.7 Å². The summed E-state index contributed by atoms with van der Waals surface area (Å²) in [6.07, 6.45) is 1.08. The fourth-order valence-electron chi connectivity index (χ4n) is 3.20. The Morgan fingerprint density at radius 1 is 1.16 bits per heavy atom. The van der Waals surface area contributed by atoms with E-state index in [1.807, 2.05) is 0 Å². The zero-order valence-electron chi connectivity index (χ0n) is 12.8. The molecule has 0 bridgehead atoms. The van der Waals surface area contributed by atoms with E-state index in [9.17, 15) is 0 Å². The average Bonchev–Trinajstić information content (AvgIpc) is 2.49. The van der Waals surface area contributed by atoms with E-state index in [4.69, 9.17) is 12.2 Å². The SMILES string of the molecule is Cc1ccc2c(c1)[nH]c(=S)n2C(C)(C)CC(C)(C)C. The monoisotopic (exact) mass is 276 g/mol. The van der Waals surface area contributed by atoms with E-state index in [0.717, 1.165) is 16.7 Å². The second-order valence-electron chi connectivity index (χ2n) is 7.34. The minimum absolute atomic E-state index is 0.00282. The third kappa shape index (κ3) is 2.92. The number of H-pyrrole nitrogens is 1. The molecular formula is C16H24N2S. The quantitative estimate of drug-likeness (QED) is 0.750. The first kappa shape index (κ1) is 14.3. The van der Waals surface area contributed by atoms with Gasteiger partial charge in [-0.25, -0.2) is 0 Å². The molecule has 1 aromatic carbocycles. The maximum Gasteiger partial charge on any atom is 0.178 e. The Kier molecular flexibility index (Phi) is 3.38. The van der Waals surface area contributed by atoms with Gasteiger partial charge >= 0.3 is 0 Å². The molecule has 0 atom stereocenters. The molecule has 0 saturated heterocycles. The molecule has 1 aromatic heterocycles. The van der Waals surface area contributed by atoms with Crippen molar-refractivity contribution in [3.05, 3.63) is 28.5 Å². The molecule has 0 aliphatic rings. The Balaban J connectivity index is 2.62. The highest BCUT2D eigenvalue weighted by molar-refractivity contribution is 7.71. The molecule has 0 unspecified atom stereocenters. The van der Waals surface area contributed by atoms with Crippen LogP contribution in [0, 0.1) is 17.1 Å². The van der Waals surface area contributed by atoms with Crippen LogP contribution in [0.2, 0.25) is 0 Å². The van der Waals surface area contributed by atoms with Crippen LogP contribution in [0.4, 0.5) is 0 Å². The highest BCUT2D eigenvalue weighted by atomic mass is 32.1. The summed E-state index contributed by atoms with van der Waals surface area (Å²) in [5.41, 5.74) is 3.86. The first-order valence-corrected chi connectivity index (χ1v) is 7.23. The minimum Gasteiger partial charge on any atom is -0.331 e. The normalized spacial score (nSPS) is 13.2. The summed E-state index contributed by atoms with van der Waals surface area (Å²) in [7, 11) is 0. The van der Waals surface area contributed by atoms with Crippen molar-refractivity contribution >= 4 is 23.3 Å². The molecule has 3 heteroatoms. The van der Waals surface area contributed by atoms with E-state index in [1.54, 1.807) is 0 Å². The molecule has 1 heterocycles. The Morgan fingerprint density at radius 3 is 2.37 bits per heavy atom. The number of nitrogens with one attached hydrogen (secondary N) is 1. The van der Waals surface area contributed by atoms with E-state index < -0.39 is 0 Å². The summed E-state index contributed by atoms with van der Waals surface area (Å²) >= 11 is 5.54. The molecule has 0 amide bonds. The molecule has 0 spiro atoms. The van der Waals surface area contributed by atoms with E-state index >= 15 is 0 Å². The van der Waals surface area contributed by atoms with Crippen molar-refractivity contribution in [2.24, 2.45) is 5.41 Å². The second-order valence-corrected chi connectivity index (χ2v) is 7.72. The summed E-state index contributed by atoms with van der Waals surface area (Å²) in [6, 6.07) is 6.48. The average molecular weight is 276 g/mol.